The second-order valence-corrected chi connectivity index (χ2v) is 5.34. The second-order valence-electron chi connectivity index (χ2n) is 5.34. The van der Waals surface area contributed by atoms with Crippen molar-refractivity contribution in [1.82, 2.24) is 9.55 Å². The molecule has 0 amide bonds. The molecule has 3 aromatic rings. The van der Waals surface area contributed by atoms with Gasteiger partial charge in [0.05, 0.1) is 7.11 Å². The fourth-order valence-corrected chi connectivity index (χ4v) is 2.45. The molecule has 2 aromatic carbocycles. The average Bonchev–Trinajstić information content (AvgIpc) is 3.09. The van der Waals surface area contributed by atoms with Gasteiger partial charge in [0, 0.05) is 30.6 Å². The topological polar surface area (TPSA) is 44.1 Å². The van der Waals surface area contributed by atoms with Crippen molar-refractivity contribution >= 4 is 12.0 Å². The van der Waals surface area contributed by atoms with Gasteiger partial charge in [0.25, 0.3) is 0 Å². The molecular formula is C20H18N2O2. The molecule has 4 nitrogen and oxygen atoms in total. The van der Waals surface area contributed by atoms with Crippen molar-refractivity contribution in [3.8, 4) is 11.4 Å². The van der Waals surface area contributed by atoms with Gasteiger partial charge in [0.15, 0.2) is 0 Å². The highest BCUT2D eigenvalue weighted by Crippen LogP contribution is 2.18. The Balaban J connectivity index is 1.75. The van der Waals surface area contributed by atoms with Crippen molar-refractivity contribution in [2.45, 2.75) is 6.54 Å². The van der Waals surface area contributed by atoms with Crippen LogP contribution in [0.3, 0.4) is 0 Å². The molecule has 0 saturated carbocycles. The van der Waals surface area contributed by atoms with E-state index in [1.54, 1.807) is 6.08 Å². The van der Waals surface area contributed by atoms with Crippen LogP contribution in [-0.4, -0.2) is 22.6 Å². The maximum absolute atomic E-state index is 11.1. The summed E-state index contributed by atoms with van der Waals surface area (Å²) in [4.78, 5) is 15.6. The first-order chi connectivity index (χ1) is 11.8. The Morgan fingerprint density at radius 3 is 2.58 bits per heavy atom. The average molecular weight is 318 g/mol. The summed E-state index contributed by atoms with van der Waals surface area (Å²) in [6.07, 6.45) is 6.95. The number of carbonyl (C=O) groups excluding carboxylic acids is 1. The molecule has 24 heavy (non-hydrogen) atoms. The highest BCUT2D eigenvalue weighted by atomic mass is 16.5. The van der Waals surface area contributed by atoms with Gasteiger partial charge >= 0.3 is 5.97 Å². The van der Waals surface area contributed by atoms with Crippen LogP contribution in [0.15, 0.2) is 73.1 Å². The van der Waals surface area contributed by atoms with Gasteiger partial charge in [-0.2, -0.15) is 0 Å². The molecule has 0 bridgehead atoms. The zero-order chi connectivity index (χ0) is 16.8. The summed E-state index contributed by atoms with van der Waals surface area (Å²) in [5, 5.41) is 0. The third kappa shape index (κ3) is 3.79. The zero-order valence-electron chi connectivity index (χ0n) is 13.4. The van der Waals surface area contributed by atoms with Crippen LogP contribution < -0.4 is 0 Å². The normalized spacial score (nSPS) is 10.9. The highest BCUT2D eigenvalue weighted by Gasteiger charge is 2.05. The minimum atomic E-state index is -0.356. The Morgan fingerprint density at radius 1 is 1.12 bits per heavy atom. The van der Waals surface area contributed by atoms with Gasteiger partial charge < -0.3 is 9.30 Å². The molecule has 3 rings (SSSR count). The van der Waals surface area contributed by atoms with Gasteiger partial charge in [-0.1, -0.05) is 54.6 Å². The SMILES string of the molecule is COC(=O)/C=C/c1ccc(Cn2ccnc2-c2ccccc2)cc1. The number of rotatable bonds is 5. The molecule has 0 radical (unpaired) electrons. The molecule has 0 aliphatic rings. The van der Waals surface area contributed by atoms with Crippen molar-refractivity contribution in [2.24, 2.45) is 0 Å². The zero-order valence-corrected chi connectivity index (χ0v) is 13.4. The fraction of sp³-hybridized carbons (Fsp3) is 0.100. The van der Waals surface area contributed by atoms with Gasteiger partial charge in [-0.3, -0.25) is 0 Å². The maximum atomic E-state index is 11.1. The van der Waals surface area contributed by atoms with E-state index in [1.165, 1.54) is 18.7 Å². The van der Waals surface area contributed by atoms with Crippen LogP contribution in [0.2, 0.25) is 0 Å². The fourth-order valence-electron chi connectivity index (χ4n) is 2.45. The van der Waals surface area contributed by atoms with Crippen LogP contribution >= 0.6 is 0 Å². The quantitative estimate of drug-likeness (QED) is 0.531. The first-order valence-corrected chi connectivity index (χ1v) is 7.68. The summed E-state index contributed by atoms with van der Waals surface area (Å²) in [5.74, 6) is 0.593. The summed E-state index contributed by atoms with van der Waals surface area (Å²) < 4.78 is 6.70. The number of imidazole rings is 1. The van der Waals surface area contributed by atoms with Gasteiger partial charge in [0.1, 0.15) is 5.82 Å². The van der Waals surface area contributed by atoms with Gasteiger partial charge in [-0.05, 0) is 17.2 Å². The molecule has 0 N–H and O–H groups in total. The van der Waals surface area contributed by atoms with Crippen molar-refractivity contribution in [3.63, 3.8) is 0 Å². The lowest BCUT2D eigenvalue weighted by molar-refractivity contribution is -0.134. The summed E-state index contributed by atoms with van der Waals surface area (Å²) >= 11 is 0. The number of benzene rings is 2. The molecule has 4 heteroatoms. The third-order valence-corrected chi connectivity index (χ3v) is 3.69. The van der Waals surface area contributed by atoms with Crippen LogP contribution in [-0.2, 0) is 16.1 Å². The molecule has 0 aliphatic heterocycles. The van der Waals surface area contributed by atoms with E-state index in [9.17, 15) is 4.79 Å². The van der Waals surface area contributed by atoms with Crippen molar-refractivity contribution < 1.29 is 9.53 Å². The monoisotopic (exact) mass is 318 g/mol. The van der Waals surface area contributed by atoms with Crippen molar-refractivity contribution in [3.05, 3.63) is 84.2 Å². The highest BCUT2D eigenvalue weighted by molar-refractivity contribution is 5.86. The molecule has 0 atom stereocenters. The van der Waals surface area contributed by atoms with Gasteiger partial charge in [0.2, 0.25) is 0 Å². The van der Waals surface area contributed by atoms with Crippen LogP contribution in [0.5, 0.6) is 0 Å². The first kappa shape index (κ1) is 15.7. The Kier molecular flexibility index (Phi) is 4.87. The summed E-state index contributed by atoms with van der Waals surface area (Å²) in [5.41, 5.74) is 3.22. The summed E-state index contributed by atoms with van der Waals surface area (Å²) in [6, 6.07) is 18.2. The van der Waals surface area contributed by atoms with Crippen LogP contribution in [0.25, 0.3) is 17.5 Å². The molecule has 0 unspecified atom stereocenters. The number of hydrogen-bond donors (Lipinski definition) is 0. The molecule has 120 valence electrons. The van der Waals surface area contributed by atoms with Crippen LogP contribution in [0.1, 0.15) is 11.1 Å². The number of esters is 1. The Hall–Kier alpha value is -3.14. The molecule has 0 aliphatic carbocycles. The number of ether oxygens (including phenoxy) is 1. The number of carbonyl (C=O) groups is 1. The molecular weight excluding hydrogens is 300 g/mol. The lowest BCUT2D eigenvalue weighted by atomic mass is 10.1. The first-order valence-electron chi connectivity index (χ1n) is 7.68. The lowest BCUT2D eigenvalue weighted by Crippen LogP contribution is -2.01. The van der Waals surface area contributed by atoms with E-state index >= 15 is 0 Å². The predicted molar refractivity (Wildman–Crippen MR) is 94.3 cm³/mol. The van der Waals surface area contributed by atoms with E-state index in [0.29, 0.717) is 0 Å². The van der Waals surface area contributed by atoms with Crippen molar-refractivity contribution in [2.75, 3.05) is 7.11 Å². The van der Waals surface area contributed by atoms with E-state index in [0.717, 1.165) is 23.5 Å². The van der Waals surface area contributed by atoms with Gasteiger partial charge in [-0.25, -0.2) is 9.78 Å². The van der Waals surface area contributed by atoms with Gasteiger partial charge in [-0.15, -0.1) is 0 Å². The van der Waals surface area contributed by atoms with Crippen LogP contribution in [0.4, 0.5) is 0 Å². The van der Waals surface area contributed by atoms with Crippen molar-refractivity contribution in [1.29, 1.82) is 0 Å². The number of methoxy groups -OCH3 is 1. The minimum absolute atomic E-state index is 0.356. The predicted octanol–water partition coefficient (Wildman–Crippen LogP) is 3.78. The molecule has 0 saturated heterocycles. The third-order valence-electron chi connectivity index (χ3n) is 3.69. The van der Waals surface area contributed by atoms with E-state index in [-0.39, 0.29) is 5.97 Å². The lowest BCUT2D eigenvalue weighted by Gasteiger charge is -2.08. The number of nitrogens with zero attached hydrogens (tertiary/aromatic N) is 2. The van der Waals surface area contributed by atoms with E-state index in [4.69, 9.17) is 0 Å². The summed E-state index contributed by atoms with van der Waals surface area (Å²) in [6.45, 7) is 0.741. The molecule has 0 spiro atoms. The largest absolute Gasteiger partial charge is 0.466 e. The number of aromatic nitrogens is 2. The molecule has 0 fully saturated rings. The summed E-state index contributed by atoms with van der Waals surface area (Å²) in [7, 11) is 1.37. The molecule has 1 aromatic heterocycles. The number of hydrogen-bond acceptors (Lipinski definition) is 3. The standard InChI is InChI=1S/C20H18N2O2/c1-24-19(23)12-11-16-7-9-17(10-8-16)15-22-14-13-21-20(22)18-5-3-2-4-6-18/h2-14H,15H2,1H3/b12-11+. The second kappa shape index (κ2) is 7.42. The Morgan fingerprint density at radius 2 is 1.88 bits per heavy atom. The minimum Gasteiger partial charge on any atom is -0.466 e. The maximum Gasteiger partial charge on any atom is 0.330 e. The Bertz CT molecular complexity index is 834. The van der Waals surface area contributed by atoms with E-state index in [1.807, 2.05) is 54.9 Å². The Labute approximate surface area is 141 Å². The van der Waals surface area contributed by atoms with E-state index in [2.05, 4.69) is 26.4 Å². The van der Waals surface area contributed by atoms with Crippen LogP contribution in [0, 0.1) is 0 Å². The van der Waals surface area contributed by atoms with E-state index < -0.39 is 0 Å². The molecule has 1 heterocycles. The smallest absolute Gasteiger partial charge is 0.330 e.